The van der Waals surface area contributed by atoms with Crippen LogP contribution < -0.4 is 0 Å². The normalized spacial score (nSPS) is 10.7. The number of imidazole rings is 1. The van der Waals surface area contributed by atoms with Gasteiger partial charge in [0.2, 0.25) is 5.91 Å². The molecule has 2 heterocycles. The minimum Gasteiger partial charge on any atom is -0.341 e. The summed E-state index contributed by atoms with van der Waals surface area (Å²) in [5.41, 5.74) is 3.73. The molecular formula is C17H19N5O. The summed E-state index contributed by atoms with van der Waals surface area (Å²) >= 11 is 0. The highest BCUT2D eigenvalue weighted by molar-refractivity contribution is 5.78. The largest absolute Gasteiger partial charge is 0.341 e. The van der Waals surface area contributed by atoms with E-state index in [9.17, 15) is 4.79 Å². The summed E-state index contributed by atoms with van der Waals surface area (Å²) < 4.78 is 0. The quantitative estimate of drug-likeness (QED) is 0.759. The summed E-state index contributed by atoms with van der Waals surface area (Å²) in [7, 11) is 1.77. The third kappa shape index (κ3) is 3.66. The SMILES string of the molecule is Cc1cc(CC(=O)N(C)Cc2ncc(-c3ccccc3)[nH]2)n[nH]1. The zero-order valence-corrected chi connectivity index (χ0v) is 13.2. The van der Waals surface area contributed by atoms with Crippen molar-refractivity contribution in [3.05, 3.63) is 59.8 Å². The fourth-order valence-electron chi connectivity index (χ4n) is 2.37. The Morgan fingerprint density at radius 3 is 2.74 bits per heavy atom. The summed E-state index contributed by atoms with van der Waals surface area (Å²) in [6, 6.07) is 11.9. The van der Waals surface area contributed by atoms with Gasteiger partial charge in [0.1, 0.15) is 5.82 Å². The van der Waals surface area contributed by atoms with Crippen molar-refractivity contribution in [3.8, 4) is 11.3 Å². The van der Waals surface area contributed by atoms with Crippen molar-refractivity contribution < 1.29 is 4.79 Å². The van der Waals surface area contributed by atoms with E-state index in [1.807, 2.05) is 43.3 Å². The van der Waals surface area contributed by atoms with Crippen LogP contribution in [-0.2, 0) is 17.8 Å². The van der Waals surface area contributed by atoms with Gasteiger partial charge in [0, 0.05) is 12.7 Å². The molecule has 0 unspecified atom stereocenters. The molecule has 23 heavy (non-hydrogen) atoms. The molecule has 2 N–H and O–H groups in total. The maximum atomic E-state index is 12.2. The molecule has 3 rings (SSSR count). The van der Waals surface area contributed by atoms with Gasteiger partial charge >= 0.3 is 0 Å². The lowest BCUT2D eigenvalue weighted by Gasteiger charge is -2.14. The molecule has 0 fully saturated rings. The van der Waals surface area contributed by atoms with E-state index in [-0.39, 0.29) is 12.3 Å². The van der Waals surface area contributed by atoms with Gasteiger partial charge in [-0.05, 0) is 18.6 Å². The Hall–Kier alpha value is -2.89. The van der Waals surface area contributed by atoms with Crippen molar-refractivity contribution in [2.75, 3.05) is 7.05 Å². The molecule has 0 aliphatic heterocycles. The molecule has 1 amide bonds. The van der Waals surface area contributed by atoms with Crippen LogP contribution in [0.15, 0.2) is 42.6 Å². The predicted octanol–water partition coefficient (Wildman–Crippen LogP) is 2.31. The van der Waals surface area contributed by atoms with Crippen LogP contribution in [-0.4, -0.2) is 38.0 Å². The second kappa shape index (κ2) is 6.48. The van der Waals surface area contributed by atoms with E-state index < -0.39 is 0 Å². The van der Waals surface area contributed by atoms with Crippen LogP contribution in [0.2, 0.25) is 0 Å². The van der Waals surface area contributed by atoms with Crippen LogP contribution in [0.3, 0.4) is 0 Å². The molecule has 2 aromatic heterocycles. The molecule has 118 valence electrons. The number of carbonyl (C=O) groups is 1. The van der Waals surface area contributed by atoms with Gasteiger partial charge in [0.25, 0.3) is 0 Å². The zero-order valence-electron chi connectivity index (χ0n) is 13.2. The second-order valence-electron chi connectivity index (χ2n) is 5.58. The highest BCUT2D eigenvalue weighted by atomic mass is 16.2. The van der Waals surface area contributed by atoms with Gasteiger partial charge in [-0.1, -0.05) is 30.3 Å². The molecule has 0 bridgehead atoms. The fourth-order valence-corrected chi connectivity index (χ4v) is 2.37. The number of nitrogens with zero attached hydrogens (tertiary/aromatic N) is 3. The lowest BCUT2D eigenvalue weighted by molar-refractivity contribution is -0.129. The summed E-state index contributed by atoms with van der Waals surface area (Å²) in [6.45, 7) is 2.35. The summed E-state index contributed by atoms with van der Waals surface area (Å²) in [5, 5.41) is 6.94. The Labute approximate surface area is 134 Å². The van der Waals surface area contributed by atoms with Crippen LogP contribution in [0.4, 0.5) is 0 Å². The summed E-state index contributed by atoms with van der Waals surface area (Å²) in [6.07, 6.45) is 2.08. The zero-order chi connectivity index (χ0) is 16.2. The number of benzene rings is 1. The number of H-pyrrole nitrogens is 2. The maximum absolute atomic E-state index is 12.2. The number of likely N-dealkylation sites (N-methyl/N-ethyl adjacent to an activating group) is 1. The highest BCUT2D eigenvalue weighted by Crippen LogP contribution is 2.16. The minimum absolute atomic E-state index is 0.00848. The molecule has 0 atom stereocenters. The van der Waals surface area contributed by atoms with Crippen molar-refractivity contribution in [3.63, 3.8) is 0 Å². The molecule has 3 aromatic rings. The lowest BCUT2D eigenvalue weighted by Crippen LogP contribution is -2.28. The highest BCUT2D eigenvalue weighted by Gasteiger charge is 2.13. The van der Waals surface area contributed by atoms with Crippen molar-refractivity contribution in [2.45, 2.75) is 19.9 Å². The molecular weight excluding hydrogens is 290 g/mol. The maximum Gasteiger partial charge on any atom is 0.228 e. The van der Waals surface area contributed by atoms with Crippen LogP contribution in [0, 0.1) is 6.92 Å². The van der Waals surface area contributed by atoms with Gasteiger partial charge in [-0.15, -0.1) is 0 Å². The molecule has 0 radical (unpaired) electrons. The van der Waals surface area contributed by atoms with Crippen molar-refractivity contribution in [1.29, 1.82) is 0 Å². The van der Waals surface area contributed by atoms with Gasteiger partial charge in [-0.2, -0.15) is 5.10 Å². The summed E-state index contributed by atoms with van der Waals surface area (Å²) in [4.78, 5) is 21.5. The van der Waals surface area contributed by atoms with E-state index in [0.717, 1.165) is 28.5 Å². The Bertz CT molecular complexity index is 790. The molecule has 6 heteroatoms. The van der Waals surface area contributed by atoms with Crippen molar-refractivity contribution in [2.24, 2.45) is 0 Å². The van der Waals surface area contributed by atoms with E-state index in [2.05, 4.69) is 20.2 Å². The monoisotopic (exact) mass is 309 g/mol. The first-order valence-corrected chi connectivity index (χ1v) is 7.46. The van der Waals surface area contributed by atoms with Crippen LogP contribution in [0.1, 0.15) is 17.2 Å². The molecule has 0 saturated heterocycles. The van der Waals surface area contributed by atoms with Gasteiger partial charge in [-0.25, -0.2) is 4.98 Å². The van der Waals surface area contributed by atoms with Crippen LogP contribution in [0.5, 0.6) is 0 Å². The van der Waals surface area contributed by atoms with E-state index in [1.54, 1.807) is 18.1 Å². The number of carbonyl (C=O) groups excluding carboxylic acids is 1. The van der Waals surface area contributed by atoms with Crippen molar-refractivity contribution >= 4 is 5.91 Å². The van der Waals surface area contributed by atoms with E-state index in [4.69, 9.17) is 0 Å². The number of amides is 1. The third-order valence-electron chi connectivity index (χ3n) is 3.62. The number of hydrogen-bond acceptors (Lipinski definition) is 3. The standard InChI is InChI=1S/C17H19N5O/c1-12-8-14(21-20-12)9-17(23)22(2)11-16-18-10-15(19-16)13-6-4-3-5-7-13/h3-8,10H,9,11H2,1-2H3,(H,18,19)(H,20,21). The first-order chi connectivity index (χ1) is 11.1. The number of aromatic amines is 2. The fraction of sp³-hybridized carbons (Fsp3) is 0.235. The molecule has 0 aliphatic rings. The lowest BCUT2D eigenvalue weighted by atomic mass is 10.2. The Morgan fingerprint density at radius 1 is 1.26 bits per heavy atom. The number of nitrogens with one attached hydrogen (secondary N) is 2. The smallest absolute Gasteiger partial charge is 0.228 e. The molecule has 1 aromatic carbocycles. The minimum atomic E-state index is 0.00848. The number of aryl methyl sites for hydroxylation is 1. The van der Waals surface area contributed by atoms with Gasteiger partial charge < -0.3 is 9.88 Å². The van der Waals surface area contributed by atoms with Gasteiger partial charge in [0.05, 0.1) is 30.6 Å². The van der Waals surface area contributed by atoms with E-state index in [1.165, 1.54) is 0 Å². The number of aromatic nitrogens is 4. The van der Waals surface area contributed by atoms with Crippen LogP contribution in [0.25, 0.3) is 11.3 Å². The Kier molecular flexibility index (Phi) is 4.23. The van der Waals surface area contributed by atoms with Crippen molar-refractivity contribution in [1.82, 2.24) is 25.1 Å². The van der Waals surface area contributed by atoms with Gasteiger partial charge in [0.15, 0.2) is 0 Å². The average Bonchev–Trinajstić information content (AvgIpc) is 3.17. The van der Waals surface area contributed by atoms with E-state index in [0.29, 0.717) is 6.54 Å². The first kappa shape index (κ1) is 15.0. The topological polar surface area (TPSA) is 77.7 Å². The average molecular weight is 309 g/mol. The molecule has 0 spiro atoms. The predicted molar refractivity (Wildman–Crippen MR) is 87.5 cm³/mol. The molecule has 0 saturated carbocycles. The molecule has 0 aliphatic carbocycles. The van der Waals surface area contributed by atoms with E-state index >= 15 is 0 Å². The number of hydrogen-bond donors (Lipinski definition) is 2. The van der Waals surface area contributed by atoms with Crippen LogP contribution >= 0.6 is 0 Å². The van der Waals surface area contributed by atoms with Gasteiger partial charge in [-0.3, -0.25) is 9.89 Å². The third-order valence-corrected chi connectivity index (χ3v) is 3.62. The first-order valence-electron chi connectivity index (χ1n) is 7.46. The number of rotatable bonds is 5. The summed E-state index contributed by atoms with van der Waals surface area (Å²) in [5.74, 6) is 0.770. The Balaban J connectivity index is 1.62. The Morgan fingerprint density at radius 2 is 2.04 bits per heavy atom. The molecule has 6 nitrogen and oxygen atoms in total. The second-order valence-corrected chi connectivity index (χ2v) is 5.58.